The Balaban J connectivity index is 1.58. The van der Waals surface area contributed by atoms with Crippen molar-refractivity contribution in [1.82, 2.24) is 5.32 Å². The minimum Gasteiger partial charge on any atom is -0.359 e. The Bertz CT molecular complexity index is 500. The molecule has 3 atom stereocenters. The molecule has 0 amide bonds. The van der Waals surface area contributed by atoms with E-state index in [0.29, 0.717) is 22.1 Å². The average molecular weight is 279 g/mol. The molecule has 0 aliphatic heterocycles. The first-order valence-corrected chi connectivity index (χ1v) is 7.01. The number of anilines is 1. The monoisotopic (exact) mass is 278 g/mol. The van der Waals surface area contributed by atoms with E-state index in [1.165, 1.54) is 12.8 Å². The molecule has 0 spiro atoms. The van der Waals surface area contributed by atoms with Gasteiger partial charge in [-0.1, -0.05) is 29.8 Å². The van der Waals surface area contributed by atoms with E-state index in [4.69, 9.17) is 23.8 Å². The lowest BCUT2D eigenvalue weighted by atomic mass is 10.0. The lowest BCUT2D eigenvalue weighted by Gasteiger charge is -2.21. The second-order valence-electron chi connectivity index (χ2n) is 5.00. The molecule has 1 aromatic rings. The van der Waals surface area contributed by atoms with Gasteiger partial charge in [0.15, 0.2) is 5.11 Å². The van der Waals surface area contributed by atoms with Crippen molar-refractivity contribution in [3.8, 4) is 0 Å². The van der Waals surface area contributed by atoms with Gasteiger partial charge in [-0.15, -0.1) is 0 Å². The van der Waals surface area contributed by atoms with Gasteiger partial charge in [-0.05, 0) is 55.1 Å². The summed E-state index contributed by atoms with van der Waals surface area (Å²) in [6, 6.07) is 8.08. The SMILES string of the molecule is S=C(Nc1cccc(Cl)c1)N[C@H]1C[C@H]2C=C[C@H]1C2. The Morgan fingerprint density at radius 3 is 2.83 bits per heavy atom. The fourth-order valence-corrected chi connectivity index (χ4v) is 3.31. The number of fused-ring (bicyclic) bond motifs is 2. The number of allylic oxidation sites excluding steroid dienone is 1. The van der Waals surface area contributed by atoms with Crippen LogP contribution in [0.15, 0.2) is 36.4 Å². The number of nitrogens with one attached hydrogen (secondary N) is 2. The molecule has 0 aromatic heterocycles. The predicted octanol–water partition coefficient (Wildman–Crippen LogP) is 3.59. The van der Waals surface area contributed by atoms with Crippen LogP contribution in [0.3, 0.4) is 0 Å². The highest BCUT2D eigenvalue weighted by Crippen LogP contribution is 2.38. The van der Waals surface area contributed by atoms with Crippen LogP contribution in [0, 0.1) is 11.8 Å². The molecule has 2 aliphatic carbocycles. The standard InChI is InChI=1S/C14H15ClN2S/c15-11-2-1-3-12(8-11)16-14(18)17-13-7-9-4-5-10(13)6-9/h1-5,8-10,13H,6-7H2,(H2,16,17,18)/t9-,10-,13-/m0/s1. The van der Waals surface area contributed by atoms with Crippen molar-refractivity contribution in [2.45, 2.75) is 18.9 Å². The van der Waals surface area contributed by atoms with Gasteiger partial charge in [-0.3, -0.25) is 0 Å². The lowest BCUT2D eigenvalue weighted by molar-refractivity contribution is 0.526. The molecule has 1 fully saturated rings. The van der Waals surface area contributed by atoms with Gasteiger partial charge in [0, 0.05) is 16.8 Å². The van der Waals surface area contributed by atoms with Crippen molar-refractivity contribution in [2.75, 3.05) is 5.32 Å². The number of thiocarbonyl (C=S) groups is 1. The van der Waals surface area contributed by atoms with E-state index in [0.717, 1.165) is 11.6 Å². The lowest BCUT2D eigenvalue weighted by Crippen LogP contribution is -2.40. The van der Waals surface area contributed by atoms with E-state index >= 15 is 0 Å². The van der Waals surface area contributed by atoms with Gasteiger partial charge in [-0.2, -0.15) is 0 Å². The molecule has 18 heavy (non-hydrogen) atoms. The third kappa shape index (κ3) is 2.52. The first-order valence-electron chi connectivity index (χ1n) is 6.22. The maximum Gasteiger partial charge on any atom is 0.171 e. The zero-order valence-electron chi connectivity index (χ0n) is 9.90. The van der Waals surface area contributed by atoms with E-state index < -0.39 is 0 Å². The van der Waals surface area contributed by atoms with Crippen LogP contribution in [0.4, 0.5) is 5.69 Å². The molecule has 4 heteroatoms. The van der Waals surface area contributed by atoms with E-state index in [1.54, 1.807) is 0 Å². The van der Waals surface area contributed by atoms with Crippen LogP contribution in [-0.2, 0) is 0 Å². The van der Waals surface area contributed by atoms with Gasteiger partial charge in [0.05, 0.1) is 0 Å². The zero-order chi connectivity index (χ0) is 12.5. The molecule has 2 aliphatic rings. The quantitative estimate of drug-likeness (QED) is 0.639. The molecule has 1 aromatic carbocycles. The second kappa shape index (κ2) is 4.90. The van der Waals surface area contributed by atoms with Crippen molar-refractivity contribution < 1.29 is 0 Å². The van der Waals surface area contributed by atoms with Crippen molar-refractivity contribution in [3.05, 3.63) is 41.4 Å². The van der Waals surface area contributed by atoms with Gasteiger partial charge in [0.25, 0.3) is 0 Å². The predicted molar refractivity (Wildman–Crippen MR) is 80.0 cm³/mol. The summed E-state index contributed by atoms with van der Waals surface area (Å²) in [5, 5.41) is 7.98. The summed E-state index contributed by atoms with van der Waals surface area (Å²) in [6.07, 6.45) is 7.11. The van der Waals surface area contributed by atoms with Gasteiger partial charge in [0.1, 0.15) is 0 Å². The highest BCUT2D eigenvalue weighted by Gasteiger charge is 2.35. The molecule has 0 saturated heterocycles. The number of halogens is 1. The molecular formula is C14H15ClN2S. The van der Waals surface area contributed by atoms with E-state index in [2.05, 4.69) is 22.8 Å². The van der Waals surface area contributed by atoms with Crippen LogP contribution in [0.2, 0.25) is 5.02 Å². The van der Waals surface area contributed by atoms with Crippen LogP contribution in [-0.4, -0.2) is 11.2 Å². The summed E-state index contributed by atoms with van der Waals surface area (Å²) in [4.78, 5) is 0. The number of hydrogen-bond acceptors (Lipinski definition) is 1. The summed E-state index contributed by atoms with van der Waals surface area (Å²) in [5.41, 5.74) is 0.929. The number of hydrogen-bond donors (Lipinski definition) is 2. The summed E-state index contributed by atoms with van der Waals surface area (Å²) in [5.74, 6) is 1.40. The number of benzene rings is 1. The fourth-order valence-electron chi connectivity index (χ4n) is 2.85. The molecular weight excluding hydrogens is 264 g/mol. The minimum atomic E-state index is 0.485. The third-order valence-electron chi connectivity index (χ3n) is 3.68. The first kappa shape index (κ1) is 12.0. The van der Waals surface area contributed by atoms with E-state index in [1.807, 2.05) is 24.3 Å². The molecule has 2 bridgehead atoms. The molecule has 3 rings (SSSR count). The molecule has 2 nitrogen and oxygen atoms in total. The Kier molecular flexibility index (Phi) is 3.27. The Morgan fingerprint density at radius 2 is 2.17 bits per heavy atom. The van der Waals surface area contributed by atoms with E-state index in [9.17, 15) is 0 Å². The summed E-state index contributed by atoms with van der Waals surface area (Å²) in [6.45, 7) is 0. The maximum atomic E-state index is 5.94. The van der Waals surface area contributed by atoms with Crippen LogP contribution >= 0.6 is 23.8 Å². The van der Waals surface area contributed by atoms with Crippen molar-refractivity contribution in [2.24, 2.45) is 11.8 Å². The van der Waals surface area contributed by atoms with E-state index in [-0.39, 0.29) is 0 Å². The summed E-state index contributed by atoms with van der Waals surface area (Å²) >= 11 is 11.3. The Hall–Kier alpha value is -1.06. The summed E-state index contributed by atoms with van der Waals surface area (Å²) in [7, 11) is 0. The molecule has 0 radical (unpaired) electrons. The topological polar surface area (TPSA) is 24.1 Å². The zero-order valence-corrected chi connectivity index (χ0v) is 11.5. The average Bonchev–Trinajstić information content (AvgIpc) is 2.90. The normalized spacial score (nSPS) is 28.4. The minimum absolute atomic E-state index is 0.485. The molecule has 94 valence electrons. The highest BCUT2D eigenvalue weighted by atomic mass is 35.5. The maximum absolute atomic E-state index is 5.94. The number of rotatable bonds is 2. The fraction of sp³-hybridized carbons (Fsp3) is 0.357. The van der Waals surface area contributed by atoms with Gasteiger partial charge in [-0.25, -0.2) is 0 Å². The van der Waals surface area contributed by atoms with Gasteiger partial charge >= 0.3 is 0 Å². The van der Waals surface area contributed by atoms with Crippen LogP contribution < -0.4 is 10.6 Å². The van der Waals surface area contributed by atoms with Gasteiger partial charge < -0.3 is 10.6 Å². The first-order chi connectivity index (χ1) is 8.70. The smallest absolute Gasteiger partial charge is 0.171 e. The largest absolute Gasteiger partial charge is 0.359 e. The van der Waals surface area contributed by atoms with Crippen molar-refractivity contribution in [3.63, 3.8) is 0 Å². The highest BCUT2D eigenvalue weighted by molar-refractivity contribution is 7.80. The van der Waals surface area contributed by atoms with Crippen LogP contribution in [0.25, 0.3) is 0 Å². The van der Waals surface area contributed by atoms with Crippen molar-refractivity contribution in [1.29, 1.82) is 0 Å². The Labute approximate surface area is 117 Å². The van der Waals surface area contributed by atoms with Gasteiger partial charge in [0.2, 0.25) is 0 Å². The molecule has 1 saturated carbocycles. The second-order valence-corrected chi connectivity index (χ2v) is 5.84. The van der Waals surface area contributed by atoms with Crippen LogP contribution in [0.1, 0.15) is 12.8 Å². The van der Waals surface area contributed by atoms with Crippen molar-refractivity contribution >= 4 is 34.6 Å². The molecule has 0 unspecified atom stereocenters. The summed E-state index contributed by atoms with van der Waals surface area (Å²) < 4.78 is 0. The Morgan fingerprint density at radius 1 is 1.28 bits per heavy atom. The molecule has 0 heterocycles. The van der Waals surface area contributed by atoms with Crippen LogP contribution in [0.5, 0.6) is 0 Å². The molecule has 2 N–H and O–H groups in total. The third-order valence-corrected chi connectivity index (χ3v) is 4.13.